The summed E-state index contributed by atoms with van der Waals surface area (Å²) < 4.78 is 0. The van der Waals surface area contributed by atoms with Crippen molar-refractivity contribution in [2.24, 2.45) is 0 Å². The molecule has 118 valence electrons. The number of hydrogen-bond acceptors (Lipinski definition) is 2. The molecular weight excluding hydrogens is 318 g/mol. The predicted octanol–water partition coefficient (Wildman–Crippen LogP) is 2.63. The van der Waals surface area contributed by atoms with Crippen LogP contribution in [0.4, 0.5) is 5.82 Å². The third-order valence-electron chi connectivity index (χ3n) is 4.53. The summed E-state index contributed by atoms with van der Waals surface area (Å²) in [5.74, 6) is 0.708. The van der Waals surface area contributed by atoms with Gasteiger partial charge < -0.3 is 0 Å². The second-order valence-electron chi connectivity index (χ2n) is 6.23. The minimum absolute atomic E-state index is 0.0858. The van der Waals surface area contributed by atoms with E-state index in [1.54, 1.807) is 11.0 Å². The number of nitrogens with zero attached hydrogens (tertiary/aromatic N) is 2. The van der Waals surface area contributed by atoms with Crippen LogP contribution in [0, 0.1) is 0 Å². The summed E-state index contributed by atoms with van der Waals surface area (Å²) in [6.45, 7) is 0.538. The molecule has 0 unspecified atom stereocenters. The van der Waals surface area contributed by atoms with Crippen LogP contribution in [0.25, 0.3) is 10.9 Å². The number of rotatable bonds is 1. The highest BCUT2D eigenvalue weighted by molar-refractivity contribution is 6.35. The minimum atomic E-state index is 0.0858. The molecule has 0 bridgehead atoms. The first-order chi connectivity index (χ1) is 11.6. The van der Waals surface area contributed by atoms with E-state index >= 15 is 0 Å². The SMILES string of the molecule is Bc1ccc2c(c1)CCC(=O)N(c1cc(Cl)c3ccccc3n1)C2. The second kappa shape index (κ2) is 5.95. The maximum absolute atomic E-state index is 12.7. The van der Waals surface area contributed by atoms with E-state index < -0.39 is 0 Å². The third kappa shape index (κ3) is 2.67. The van der Waals surface area contributed by atoms with Gasteiger partial charge in [-0.15, -0.1) is 0 Å². The first-order valence-electron chi connectivity index (χ1n) is 8.06. The van der Waals surface area contributed by atoms with Gasteiger partial charge in [0.2, 0.25) is 5.91 Å². The molecule has 0 saturated carbocycles. The summed E-state index contributed by atoms with van der Waals surface area (Å²) in [6.07, 6.45) is 1.26. The Hall–Kier alpha value is -2.33. The van der Waals surface area contributed by atoms with Crippen LogP contribution in [0.2, 0.25) is 5.02 Å². The Labute approximate surface area is 146 Å². The Bertz CT molecular complexity index is 957. The van der Waals surface area contributed by atoms with Gasteiger partial charge in [-0.25, -0.2) is 4.98 Å². The number of para-hydroxylation sites is 1. The van der Waals surface area contributed by atoms with Crippen LogP contribution in [-0.2, 0) is 17.8 Å². The van der Waals surface area contributed by atoms with Crippen LogP contribution in [0.15, 0.2) is 48.5 Å². The third-order valence-corrected chi connectivity index (χ3v) is 4.84. The van der Waals surface area contributed by atoms with E-state index in [1.807, 2.05) is 24.3 Å². The molecule has 1 aliphatic heterocycles. The minimum Gasteiger partial charge on any atom is -0.292 e. The van der Waals surface area contributed by atoms with E-state index in [0.29, 0.717) is 23.8 Å². The van der Waals surface area contributed by atoms with E-state index in [9.17, 15) is 4.79 Å². The molecule has 1 amide bonds. The number of anilines is 1. The lowest BCUT2D eigenvalue weighted by atomic mass is 9.91. The van der Waals surface area contributed by atoms with Crippen LogP contribution < -0.4 is 10.4 Å². The average molecular weight is 335 g/mol. The van der Waals surface area contributed by atoms with Crippen LogP contribution >= 0.6 is 11.6 Å². The number of pyridine rings is 1. The Balaban J connectivity index is 1.80. The predicted molar refractivity (Wildman–Crippen MR) is 101 cm³/mol. The van der Waals surface area contributed by atoms with Gasteiger partial charge in [0.25, 0.3) is 0 Å². The maximum Gasteiger partial charge on any atom is 0.228 e. The van der Waals surface area contributed by atoms with E-state index in [1.165, 1.54) is 16.6 Å². The molecule has 0 N–H and O–H groups in total. The summed E-state index contributed by atoms with van der Waals surface area (Å²) in [5.41, 5.74) is 4.46. The quantitative estimate of drug-likeness (QED) is 0.641. The van der Waals surface area contributed by atoms with Crippen molar-refractivity contribution in [2.75, 3.05) is 4.90 Å². The Morgan fingerprint density at radius 1 is 1.04 bits per heavy atom. The van der Waals surface area contributed by atoms with E-state index in [-0.39, 0.29) is 5.91 Å². The lowest BCUT2D eigenvalue weighted by Gasteiger charge is -2.21. The van der Waals surface area contributed by atoms with Crippen molar-refractivity contribution in [3.63, 3.8) is 0 Å². The van der Waals surface area contributed by atoms with Gasteiger partial charge in [0.1, 0.15) is 13.7 Å². The van der Waals surface area contributed by atoms with Crippen LogP contribution in [0.3, 0.4) is 0 Å². The summed E-state index contributed by atoms with van der Waals surface area (Å²) in [6, 6.07) is 15.9. The van der Waals surface area contributed by atoms with Crippen LogP contribution in [-0.4, -0.2) is 18.7 Å². The van der Waals surface area contributed by atoms with Crippen molar-refractivity contribution < 1.29 is 4.79 Å². The summed E-state index contributed by atoms with van der Waals surface area (Å²) in [5, 5.41) is 1.53. The molecule has 3 nitrogen and oxygen atoms in total. The van der Waals surface area contributed by atoms with Gasteiger partial charge in [0.05, 0.1) is 17.1 Å². The molecular formula is C19H16BClN2O. The highest BCUT2D eigenvalue weighted by atomic mass is 35.5. The number of amides is 1. The largest absolute Gasteiger partial charge is 0.292 e. The number of benzene rings is 2. The van der Waals surface area contributed by atoms with Gasteiger partial charge in [0, 0.05) is 17.9 Å². The highest BCUT2D eigenvalue weighted by Gasteiger charge is 2.23. The standard InChI is InChI=1S/C19H16BClN2O/c20-14-7-5-13-11-23(19(24)8-6-12(13)9-14)18-10-16(21)15-3-1-2-4-17(15)22-18/h1-5,7,9-10H,6,8,11,20H2. The Morgan fingerprint density at radius 2 is 1.88 bits per heavy atom. The Morgan fingerprint density at radius 3 is 2.75 bits per heavy atom. The van der Waals surface area contributed by atoms with Crippen molar-refractivity contribution in [1.29, 1.82) is 0 Å². The second-order valence-corrected chi connectivity index (χ2v) is 6.64. The van der Waals surface area contributed by atoms with Gasteiger partial charge in [-0.1, -0.05) is 53.5 Å². The number of halogens is 1. The molecule has 0 radical (unpaired) electrons. The van der Waals surface area contributed by atoms with E-state index in [4.69, 9.17) is 11.6 Å². The maximum atomic E-state index is 12.7. The molecule has 1 aromatic heterocycles. The number of fused-ring (bicyclic) bond motifs is 2. The zero-order chi connectivity index (χ0) is 16.7. The van der Waals surface area contributed by atoms with Gasteiger partial charge >= 0.3 is 0 Å². The fraction of sp³-hybridized carbons (Fsp3) is 0.158. The first kappa shape index (κ1) is 15.2. The fourth-order valence-corrected chi connectivity index (χ4v) is 3.50. The normalized spacial score (nSPS) is 14.5. The van der Waals surface area contributed by atoms with Crippen LogP contribution in [0.5, 0.6) is 0 Å². The molecule has 0 aliphatic carbocycles. The summed E-state index contributed by atoms with van der Waals surface area (Å²) in [7, 11) is 2.08. The van der Waals surface area contributed by atoms with Gasteiger partial charge in [-0.2, -0.15) is 0 Å². The monoisotopic (exact) mass is 334 g/mol. The molecule has 24 heavy (non-hydrogen) atoms. The molecule has 4 rings (SSSR count). The van der Waals surface area contributed by atoms with Gasteiger partial charge in [-0.05, 0) is 23.6 Å². The zero-order valence-corrected chi connectivity index (χ0v) is 14.2. The number of carbonyl (C=O) groups is 1. The number of aromatic nitrogens is 1. The van der Waals surface area contributed by atoms with Crippen molar-refractivity contribution in [3.8, 4) is 0 Å². The Kier molecular flexibility index (Phi) is 3.77. The molecule has 0 atom stereocenters. The highest BCUT2D eigenvalue weighted by Crippen LogP contribution is 2.29. The first-order valence-corrected chi connectivity index (χ1v) is 8.44. The van der Waals surface area contributed by atoms with Gasteiger partial charge in [0.15, 0.2) is 0 Å². The fourth-order valence-electron chi connectivity index (χ4n) is 3.24. The number of hydrogen-bond donors (Lipinski definition) is 0. The van der Waals surface area contributed by atoms with Crippen LogP contribution in [0.1, 0.15) is 17.5 Å². The van der Waals surface area contributed by atoms with E-state index in [2.05, 4.69) is 31.0 Å². The average Bonchev–Trinajstić information content (AvgIpc) is 2.74. The summed E-state index contributed by atoms with van der Waals surface area (Å²) >= 11 is 6.41. The topological polar surface area (TPSA) is 33.2 Å². The van der Waals surface area contributed by atoms with Crippen molar-refractivity contribution in [1.82, 2.24) is 4.98 Å². The molecule has 5 heteroatoms. The molecule has 0 spiro atoms. The van der Waals surface area contributed by atoms with Gasteiger partial charge in [-0.3, -0.25) is 9.69 Å². The molecule has 1 aliphatic rings. The van der Waals surface area contributed by atoms with Crippen molar-refractivity contribution in [3.05, 3.63) is 64.7 Å². The summed E-state index contributed by atoms with van der Waals surface area (Å²) in [4.78, 5) is 19.1. The lowest BCUT2D eigenvalue weighted by molar-refractivity contribution is -0.118. The molecule has 0 fully saturated rings. The van der Waals surface area contributed by atoms with E-state index in [0.717, 1.165) is 17.3 Å². The van der Waals surface area contributed by atoms with Crippen molar-refractivity contribution in [2.45, 2.75) is 19.4 Å². The van der Waals surface area contributed by atoms with Crippen molar-refractivity contribution >= 4 is 47.5 Å². The molecule has 0 saturated heterocycles. The molecule has 2 aromatic carbocycles. The molecule has 2 heterocycles. The molecule has 3 aromatic rings. The smallest absolute Gasteiger partial charge is 0.228 e. The number of carbonyl (C=O) groups excluding carboxylic acids is 1. The lowest BCUT2D eigenvalue weighted by Crippen LogP contribution is -2.29. The number of aryl methyl sites for hydroxylation is 1. The zero-order valence-electron chi connectivity index (χ0n) is 13.4.